The molecule has 3 heteroatoms. The van der Waals surface area contributed by atoms with E-state index in [2.05, 4.69) is 51.4 Å². The minimum atomic E-state index is -0.932. The fourth-order valence-electron chi connectivity index (χ4n) is 3.70. The summed E-state index contributed by atoms with van der Waals surface area (Å²) in [4.78, 5) is 9.76. The van der Waals surface area contributed by atoms with Crippen molar-refractivity contribution in [1.29, 1.82) is 0 Å². The third-order valence-corrected chi connectivity index (χ3v) is 5.55. The highest BCUT2D eigenvalue weighted by molar-refractivity contribution is 5.63. The zero-order chi connectivity index (χ0) is 22.5. The van der Waals surface area contributed by atoms with Gasteiger partial charge in [0.15, 0.2) is 0 Å². The van der Waals surface area contributed by atoms with E-state index in [1.165, 1.54) is 76.3 Å². The molecular formula is C27H49NO2. The van der Waals surface area contributed by atoms with Gasteiger partial charge >= 0.3 is 0 Å². The molecular weight excluding hydrogens is 370 g/mol. The molecule has 0 aliphatic rings. The highest BCUT2D eigenvalue weighted by Crippen LogP contribution is 2.14. The van der Waals surface area contributed by atoms with Crippen LogP contribution in [0.1, 0.15) is 109 Å². The van der Waals surface area contributed by atoms with Gasteiger partial charge in [-0.05, 0) is 25.7 Å². The second kappa shape index (κ2) is 19.6. The van der Waals surface area contributed by atoms with Crippen LogP contribution < -0.4 is 5.11 Å². The SMILES string of the molecule is CCCCCC(=O)[O-].CCCCCCCCCCCC[N+](C)(C)Cc1ccccc1. The molecule has 30 heavy (non-hydrogen) atoms. The van der Waals surface area contributed by atoms with E-state index in [1.54, 1.807) is 0 Å². The molecule has 1 aromatic carbocycles. The maximum atomic E-state index is 9.76. The summed E-state index contributed by atoms with van der Waals surface area (Å²) in [6.07, 6.45) is 17.3. The van der Waals surface area contributed by atoms with Gasteiger partial charge in [0.1, 0.15) is 6.54 Å². The van der Waals surface area contributed by atoms with E-state index in [1.807, 2.05) is 6.92 Å². The maximum Gasteiger partial charge on any atom is 0.104 e. The van der Waals surface area contributed by atoms with Crippen LogP contribution in [0.5, 0.6) is 0 Å². The van der Waals surface area contributed by atoms with Crippen molar-refractivity contribution >= 4 is 5.97 Å². The van der Waals surface area contributed by atoms with Crippen molar-refractivity contribution in [3.8, 4) is 0 Å². The summed E-state index contributed by atoms with van der Waals surface area (Å²) in [6, 6.07) is 10.9. The van der Waals surface area contributed by atoms with Gasteiger partial charge in [-0.1, -0.05) is 108 Å². The van der Waals surface area contributed by atoms with Crippen LogP contribution in [0.3, 0.4) is 0 Å². The van der Waals surface area contributed by atoms with Gasteiger partial charge in [0.05, 0.1) is 20.6 Å². The van der Waals surface area contributed by atoms with Gasteiger partial charge in [-0.25, -0.2) is 0 Å². The van der Waals surface area contributed by atoms with Gasteiger partial charge < -0.3 is 14.4 Å². The Labute approximate surface area is 187 Å². The Kier molecular flexibility index (Phi) is 18.7. The van der Waals surface area contributed by atoms with Crippen LogP contribution in [0.4, 0.5) is 0 Å². The van der Waals surface area contributed by atoms with Crippen LogP contribution in [-0.2, 0) is 11.3 Å². The number of carboxylic acid groups (broad SMARTS) is 1. The molecule has 1 rings (SSSR count). The van der Waals surface area contributed by atoms with Gasteiger partial charge in [0.25, 0.3) is 0 Å². The van der Waals surface area contributed by atoms with E-state index in [0.717, 1.165) is 30.3 Å². The highest BCUT2D eigenvalue weighted by Gasteiger charge is 2.14. The fourth-order valence-corrected chi connectivity index (χ4v) is 3.70. The van der Waals surface area contributed by atoms with Crippen LogP contribution in [0.15, 0.2) is 30.3 Å². The summed E-state index contributed by atoms with van der Waals surface area (Å²) in [6.45, 7) is 6.77. The zero-order valence-corrected chi connectivity index (χ0v) is 20.5. The number of carboxylic acids is 1. The van der Waals surface area contributed by atoms with E-state index >= 15 is 0 Å². The summed E-state index contributed by atoms with van der Waals surface area (Å²) in [5.41, 5.74) is 1.46. The normalized spacial score (nSPS) is 11.1. The Hall–Kier alpha value is -1.35. The topological polar surface area (TPSA) is 40.1 Å². The number of quaternary nitrogens is 1. The van der Waals surface area contributed by atoms with Gasteiger partial charge in [-0.2, -0.15) is 0 Å². The summed E-state index contributed by atoms with van der Waals surface area (Å²) in [7, 11) is 4.72. The van der Waals surface area contributed by atoms with Crippen molar-refractivity contribution in [2.75, 3.05) is 20.6 Å². The number of nitrogens with zero attached hydrogens (tertiary/aromatic N) is 1. The number of unbranched alkanes of at least 4 members (excludes halogenated alkanes) is 11. The standard InChI is InChI=1S/C21H38N.C6H12O2/c1-4-5-6-7-8-9-10-11-12-16-19-22(2,3)20-21-17-14-13-15-18-21;1-2-3-4-5-6(7)8/h13-15,17-18H,4-12,16,19-20H2,1-3H3;2-5H2,1H3,(H,7,8)/q+1;/p-1. The number of rotatable bonds is 17. The molecule has 0 saturated carbocycles. The molecule has 0 spiro atoms. The number of hydrogen-bond donors (Lipinski definition) is 0. The molecule has 0 aliphatic heterocycles. The molecule has 0 amide bonds. The minimum Gasteiger partial charge on any atom is -0.550 e. The van der Waals surface area contributed by atoms with E-state index < -0.39 is 5.97 Å². The first-order chi connectivity index (χ1) is 14.4. The Morgan fingerprint density at radius 1 is 0.733 bits per heavy atom. The highest BCUT2D eigenvalue weighted by atomic mass is 16.4. The first-order valence-corrected chi connectivity index (χ1v) is 12.5. The van der Waals surface area contributed by atoms with Gasteiger partial charge in [-0.3, -0.25) is 0 Å². The number of aliphatic carboxylic acids is 1. The quantitative estimate of drug-likeness (QED) is 0.213. The van der Waals surface area contributed by atoms with Gasteiger partial charge in [-0.15, -0.1) is 0 Å². The maximum absolute atomic E-state index is 9.76. The van der Waals surface area contributed by atoms with E-state index in [4.69, 9.17) is 0 Å². The Morgan fingerprint density at radius 2 is 1.20 bits per heavy atom. The molecule has 0 radical (unpaired) electrons. The van der Waals surface area contributed by atoms with Crippen molar-refractivity contribution in [3.05, 3.63) is 35.9 Å². The molecule has 0 heterocycles. The fraction of sp³-hybridized carbons (Fsp3) is 0.741. The lowest BCUT2D eigenvalue weighted by Crippen LogP contribution is -2.39. The lowest BCUT2D eigenvalue weighted by atomic mass is 10.1. The number of benzene rings is 1. The third kappa shape index (κ3) is 19.9. The summed E-state index contributed by atoms with van der Waals surface area (Å²) >= 11 is 0. The molecule has 3 nitrogen and oxygen atoms in total. The molecule has 1 aromatic rings. The molecule has 174 valence electrons. The monoisotopic (exact) mass is 419 g/mol. The van der Waals surface area contributed by atoms with E-state index in [9.17, 15) is 9.90 Å². The Balaban J connectivity index is 0.000000890. The largest absolute Gasteiger partial charge is 0.550 e. The van der Waals surface area contributed by atoms with Crippen LogP contribution >= 0.6 is 0 Å². The van der Waals surface area contributed by atoms with Crippen LogP contribution in [0.25, 0.3) is 0 Å². The molecule has 0 fully saturated rings. The smallest absolute Gasteiger partial charge is 0.104 e. The number of carbonyl (C=O) groups excluding carboxylic acids is 1. The van der Waals surface area contributed by atoms with Crippen molar-refractivity contribution in [2.24, 2.45) is 0 Å². The molecule has 0 N–H and O–H groups in total. The number of hydrogen-bond acceptors (Lipinski definition) is 2. The van der Waals surface area contributed by atoms with Crippen LogP contribution in [0, 0.1) is 0 Å². The van der Waals surface area contributed by atoms with Crippen molar-refractivity contribution in [3.63, 3.8) is 0 Å². The van der Waals surface area contributed by atoms with Crippen molar-refractivity contribution in [1.82, 2.24) is 0 Å². The summed E-state index contributed by atoms with van der Waals surface area (Å²) < 4.78 is 1.11. The molecule has 0 unspecified atom stereocenters. The van der Waals surface area contributed by atoms with Crippen LogP contribution in [0.2, 0.25) is 0 Å². The zero-order valence-electron chi connectivity index (χ0n) is 20.5. The second-order valence-corrected chi connectivity index (χ2v) is 9.31. The second-order valence-electron chi connectivity index (χ2n) is 9.31. The van der Waals surface area contributed by atoms with Gasteiger partial charge in [0.2, 0.25) is 0 Å². The van der Waals surface area contributed by atoms with E-state index in [0.29, 0.717) is 0 Å². The van der Waals surface area contributed by atoms with Gasteiger partial charge in [0, 0.05) is 11.5 Å². The Morgan fingerprint density at radius 3 is 1.70 bits per heavy atom. The Bertz CT molecular complexity index is 499. The first-order valence-electron chi connectivity index (χ1n) is 12.5. The molecule has 0 saturated heterocycles. The average molecular weight is 420 g/mol. The van der Waals surface area contributed by atoms with Crippen LogP contribution in [-0.4, -0.2) is 31.1 Å². The molecule has 0 aromatic heterocycles. The van der Waals surface area contributed by atoms with Crippen molar-refractivity contribution in [2.45, 2.75) is 110 Å². The average Bonchev–Trinajstić information content (AvgIpc) is 2.70. The third-order valence-electron chi connectivity index (χ3n) is 5.55. The lowest BCUT2D eigenvalue weighted by Gasteiger charge is -2.30. The summed E-state index contributed by atoms with van der Waals surface area (Å²) in [5, 5.41) is 9.76. The molecule has 0 atom stereocenters. The van der Waals surface area contributed by atoms with E-state index in [-0.39, 0.29) is 6.42 Å². The van der Waals surface area contributed by atoms with Crippen molar-refractivity contribution < 1.29 is 14.4 Å². The summed E-state index contributed by atoms with van der Waals surface area (Å²) in [5.74, 6) is -0.932. The number of carbonyl (C=O) groups is 1. The lowest BCUT2D eigenvalue weighted by molar-refractivity contribution is -0.903. The first kappa shape index (κ1) is 28.6. The predicted molar refractivity (Wildman–Crippen MR) is 128 cm³/mol. The predicted octanol–water partition coefficient (Wildman–Crippen LogP) is 6.50. The molecule has 0 bridgehead atoms. The minimum absolute atomic E-state index is 0.216. The molecule has 0 aliphatic carbocycles.